The molecule has 2 heterocycles. The number of aryl methyl sites for hydroxylation is 2. The first-order valence-electron chi connectivity index (χ1n) is 7.49. The number of aliphatic hydroxyl groups excluding tert-OH is 1. The predicted molar refractivity (Wildman–Crippen MR) is 80.4 cm³/mol. The number of nitrogens with zero attached hydrogens (tertiary/aromatic N) is 1. The second kappa shape index (κ2) is 6.10. The summed E-state index contributed by atoms with van der Waals surface area (Å²) in [6, 6.07) is 0. The standard InChI is InChI=1S/C15H25NO4S/c1-10(2)13-5-7-16(8-6-13)21(18,19)15-12(4)20-11(3)14(15)9-17/h10,13,17H,5-9H2,1-4H3. The van der Waals surface area contributed by atoms with Gasteiger partial charge in [-0.3, -0.25) is 0 Å². The molecule has 1 N–H and O–H groups in total. The van der Waals surface area contributed by atoms with Crippen LogP contribution in [-0.4, -0.2) is 30.9 Å². The number of rotatable bonds is 4. The molecule has 0 aliphatic carbocycles. The van der Waals surface area contributed by atoms with E-state index in [4.69, 9.17) is 4.42 Å². The number of sulfonamides is 1. The average molecular weight is 315 g/mol. The zero-order chi connectivity index (χ0) is 15.8. The van der Waals surface area contributed by atoms with Crippen molar-refractivity contribution in [1.82, 2.24) is 4.31 Å². The molecule has 0 saturated carbocycles. The van der Waals surface area contributed by atoms with E-state index in [0.29, 0.717) is 42.0 Å². The summed E-state index contributed by atoms with van der Waals surface area (Å²) in [5.41, 5.74) is 0.387. The normalized spacial score (nSPS) is 18.6. The topological polar surface area (TPSA) is 70.8 Å². The summed E-state index contributed by atoms with van der Waals surface area (Å²) >= 11 is 0. The molecule has 6 heteroatoms. The molecule has 0 bridgehead atoms. The molecule has 1 aromatic heterocycles. The Labute approximate surface area is 127 Å². The van der Waals surface area contributed by atoms with Crippen molar-refractivity contribution in [3.05, 3.63) is 17.1 Å². The maximum Gasteiger partial charge on any atom is 0.246 e. The SMILES string of the molecule is Cc1oc(C)c(S(=O)(=O)N2CCC(C(C)C)CC2)c1CO. The van der Waals surface area contributed by atoms with E-state index in [1.54, 1.807) is 13.8 Å². The van der Waals surface area contributed by atoms with Crippen molar-refractivity contribution in [1.29, 1.82) is 0 Å². The van der Waals surface area contributed by atoms with Crippen LogP contribution in [-0.2, 0) is 16.6 Å². The van der Waals surface area contributed by atoms with E-state index in [-0.39, 0.29) is 11.5 Å². The van der Waals surface area contributed by atoms with E-state index in [1.165, 1.54) is 4.31 Å². The van der Waals surface area contributed by atoms with Crippen LogP contribution in [0, 0.1) is 25.7 Å². The van der Waals surface area contributed by atoms with Crippen molar-refractivity contribution in [2.45, 2.75) is 52.0 Å². The molecule has 1 aliphatic rings. The number of hydrogen-bond acceptors (Lipinski definition) is 4. The molecule has 21 heavy (non-hydrogen) atoms. The van der Waals surface area contributed by atoms with Crippen LogP contribution in [0.15, 0.2) is 9.31 Å². The van der Waals surface area contributed by atoms with E-state index in [1.807, 2.05) is 0 Å². The van der Waals surface area contributed by atoms with Gasteiger partial charge in [0.25, 0.3) is 0 Å². The number of aliphatic hydroxyl groups is 1. The molecular weight excluding hydrogens is 290 g/mol. The molecule has 1 saturated heterocycles. The second-order valence-electron chi connectivity index (χ2n) is 6.17. The van der Waals surface area contributed by atoms with Gasteiger partial charge in [0.15, 0.2) is 0 Å². The fraction of sp³-hybridized carbons (Fsp3) is 0.733. The van der Waals surface area contributed by atoms with Gasteiger partial charge >= 0.3 is 0 Å². The maximum atomic E-state index is 12.8. The Balaban J connectivity index is 2.28. The van der Waals surface area contributed by atoms with Crippen molar-refractivity contribution >= 4 is 10.0 Å². The Morgan fingerprint density at radius 2 is 1.81 bits per heavy atom. The summed E-state index contributed by atoms with van der Waals surface area (Å²) < 4.78 is 32.6. The Kier molecular flexibility index (Phi) is 4.80. The minimum absolute atomic E-state index is 0.158. The monoisotopic (exact) mass is 315 g/mol. The molecule has 0 unspecified atom stereocenters. The van der Waals surface area contributed by atoms with E-state index in [0.717, 1.165) is 12.8 Å². The number of piperidine rings is 1. The lowest BCUT2D eigenvalue weighted by molar-refractivity contribution is 0.226. The Bertz CT molecular complexity index is 595. The van der Waals surface area contributed by atoms with Gasteiger partial charge in [0.05, 0.1) is 6.61 Å². The molecule has 120 valence electrons. The molecule has 0 aromatic carbocycles. The molecular formula is C15H25NO4S. The lowest BCUT2D eigenvalue weighted by atomic mass is 9.87. The highest BCUT2D eigenvalue weighted by Crippen LogP contribution is 2.32. The molecule has 0 radical (unpaired) electrons. The quantitative estimate of drug-likeness (QED) is 0.926. The minimum atomic E-state index is -3.58. The smallest absolute Gasteiger partial charge is 0.246 e. The maximum absolute atomic E-state index is 12.8. The summed E-state index contributed by atoms with van der Waals surface area (Å²) in [5, 5.41) is 9.45. The van der Waals surface area contributed by atoms with E-state index < -0.39 is 10.0 Å². The van der Waals surface area contributed by atoms with E-state index in [2.05, 4.69) is 13.8 Å². The zero-order valence-electron chi connectivity index (χ0n) is 13.2. The third kappa shape index (κ3) is 3.03. The molecule has 2 rings (SSSR count). The summed E-state index contributed by atoms with van der Waals surface area (Å²) in [6.45, 7) is 8.45. The van der Waals surface area contributed by atoms with Crippen LogP contribution < -0.4 is 0 Å². The van der Waals surface area contributed by atoms with Crippen molar-refractivity contribution < 1.29 is 17.9 Å². The summed E-state index contributed by atoms with van der Waals surface area (Å²) in [5.74, 6) is 2.01. The van der Waals surface area contributed by atoms with Crippen LogP contribution in [0.4, 0.5) is 0 Å². The first kappa shape index (κ1) is 16.5. The Morgan fingerprint density at radius 3 is 2.29 bits per heavy atom. The average Bonchev–Trinajstić information content (AvgIpc) is 2.73. The van der Waals surface area contributed by atoms with Crippen LogP contribution in [0.25, 0.3) is 0 Å². The third-order valence-electron chi connectivity index (χ3n) is 4.52. The summed E-state index contributed by atoms with van der Waals surface area (Å²) in [4.78, 5) is 0.158. The molecule has 1 aliphatic heterocycles. The minimum Gasteiger partial charge on any atom is -0.465 e. The fourth-order valence-corrected chi connectivity index (χ4v) is 5.02. The van der Waals surface area contributed by atoms with Gasteiger partial charge < -0.3 is 9.52 Å². The highest BCUT2D eigenvalue weighted by molar-refractivity contribution is 7.89. The fourth-order valence-electron chi connectivity index (χ4n) is 3.14. The van der Waals surface area contributed by atoms with Gasteiger partial charge in [-0.2, -0.15) is 4.31 Å². The summed E-state index contributed by atoms with van der Waals surface area (Å²) in [6.07, 6.45) is 1.78. The van der Waals surface area contributed by atoms with Crippen LogP contribution in [0.5, 0.6) is 0 Å². The Morgan fingerprint density at radius 1 is 1.24 bits per heavy atom. The van der Waals surface area contributed by atoms with Gasteiger partial charge in [-0.05, 0) is 38.5 Å². The molecule has 0 amide bonds. The summed E-state index contributed by atoms with van der Waals surface area (Å²) in [7, 11) is -3.58. The van der Waals surface area contributed by atoms with Gasteiger partial charge in [-0.25, -0.2) is 8.42 Å². The van der Waals surface area contributed by atoms with Gasteiger partial charge in [-0.15, -0.1) is 0 Å². The van der Waals surface area contributed by atoms with Crippen molar-refractivity contribution in [3.63, 3.8) is 0 Å². The van der Waals surface area contributed by atoms with Gasteiger partial charge in [0.1, 0.15) is 16.4 Å². The van der Waals surface area contributed by atoms with Gasteiger partial charge in [0.2, 0.25) is 10.0 Å². The third-order valence-corrected chi connectivity index (χ3v) is 6.62. The van der Waals surface area contributed by atoms with Crippen molar-refractivity contribution in [2.24, 2.45) is 11.8 Å². The lowest BCUT2D eigenvalue weighted by Gasteiger charge is -2.33. The first-order chi connectivity index (χ1) is 9.78. The first-order valence-corrected chi connectivity index (χ1v) is 8.93. The predicted octanol–water partition coefficient (Wildman–Crippen LogP) is 2.45. The number of furan rings is 1. The van der Waals surface area contributed by atoms with E-state index >= 15 is 0 Å². The highest BCUT2D eigenvalue weighted by atomic mass is 32.2. The largest absolute Gasteiger partial charge is 0.465 e. The molecule has 5 nitrogen and oxygen atoms in total. The van der Waals surface area contributed by atoms with Crippen molar-refractivity contribution in [2.75, 3.05) is 13.1 Å². The zero-order valence-corrected chi connectivity index (χ0v) is 14.0. The molecule has 1 aromatic rings. The molecule has 0 atom stereocenters. The second-order valence-corrected chi connectivity index (χ2v) is 8.04. The molecule has 1 fully saturated rings. The van der Waals surface area contributed by atoms with Crippen molar-refractivity contribution in [3.8, 4) is 0 Å². The number of hydrogen-bond donors (Lipinski definition) is 1. The lowest BCUT2D eigenvalue weighted by Crippen LogP contribution is -2.39. The Hall–Kier alpha value is -0.850. The van der Waals surface area contributed by atoms with Crippen LogP contribution >= 0.6 is 0 Å². The molecule has 0 spiro atoms. The highest BCUT2D eigenvalue weighted by Gasteiger charge is 2.35. The van der Waals surface area contributed by atoms with Crippen LogP contribution in [0.1, 0.15) is 43.8 Å². The van der Waals surface area contributed by atoms with Gasteiger partial charge in [-0.1, -0.05) is 13.8 Å². The van der Waals surface area contributed by atoms with Gasteiger partial charge in [0, 0.05) is 18.7 Å². The van der Waals surface area contributed by atoms with E-state index in [9.17, 15) is 13.5 Å². The van der Waals surface area contributed by atoms with Crippen LogP contribution in [0.2, 0.25) is 0 Å². The van der Waals surface area contributed by atoms with Crippen LogP contribution in [0.3, 0.4) is 0 Å².